The smallest absolute Gasteiger partial charge is 0.164 e. The van der Waals surface area contributed by atoms with Crippen LogP contribution in [0.4, 0.5) is 10.2 Å². The van der Waals surface area contributed by atoms with Crippen LogP contribution in [0.3, 0.4) is 0 Å². The molecule has 1 saturated carbocycles. The summed E-state index contributed by atoms with van der Waals surface area (Å²) in [4.78, 5) is 16.9. The molecule has 0 aliphatic heterocycles. The number of ether oxygens (including phenoxy) is 2. The highest BCUT2D eigenvalue weighted by atomic mass is 19.1. The third kappa shape index (κ3) is 4.71. The minimum absolute atomic E-state index is 0.170. The molecule has 10 nitrogen and oxygen atoms in total. The van der Waals surface area contributed by atoms with Crippen LogP contribution in [-0.2, 0) is 6.61 Å². The van der Waals surface area contributed by atoms with E-state index in [4.69, 9.17) is 26.0 Å². The lowest BCUT2D eigenvalue weighted by atomic mass is 9.88. The van der Waals surface area contributed by atoms with Gasteiger partial charge in [-0.05, 0) is 44.0 Å². The fourth-order valence-electron chi connectivity index (χ4n) is 4.44. The molecule has 6 rings (SSSR count). The monoisotopic (exact) mass is 512 g/mol. The van der Waals surface area contributed by atoms with Gasteiger partial charge in [0.05, 0.1) is 11.4 Å². The van der Waals surface area contributed by atoms with Crippen molar-refractivity contribution in [1.29, 1.82) is 0 Å². The van der Waals surface area contributed by atoms with Gasteiger partial charge in [0.15, 0.2) is 5.65 Å². The molecule has 0 saturated heterocycles. The molecule has 4 N–H and O–H groups in total. The first kappa shape index (κ1) is 23.7. The Morgan fingerprint density at radius 3 is 2.45 bits per heavy atom. The molecule has 1 aliphatic rings. The minimum Gasteiger partial charge on any atom is -0.489 e. The third-order valence-electron chi connectivity index (χ3n) is 6.46. The van der Waals surface area contributed by atoms with Crippen LogP contribution >= 0.6 is 0 Å². The highest BCUT2D eigenvalue weighted by molar-refractivity contribution is 5.98. The summed E-state index contributed by atoms with van der Waals surface area (Å²) < 4.78 is 27.8. The van der Waals surface area contributed by atoms with Gasteiger partial charge in [-0.25, -0.2) is 29.0 Å². The van der Waals surface area contributed by atoms with Gasteiger partial charge in [0.25, 0.3) is 0 Å². The van der Waals surface area contributed by atoms with Gasteiger partial charge in [0.1, 0.15) is 53.3 Å². The number of aromatic nitrogens is 6. The quantitative estimate of drug-likeness (QED) is 0.326. The Morgan fingerprint density at radius 1 is 0.974 bits per heavy atom. The summed E-state index contributed by atoms with van der Waals surface area (Å²) >= 11 is 0. The maximum atomic E-state index is 14.3. The van der Waals surface area contributed by atoms with Gasteiger partial charge in [0.2, 0.25) is 0 Å². The Kier molecular flexibility index (Phi) is 6.04. The molecule has 0 unspecified atom stereocenters. The van der Waals surface area contributed by atoms with Crippen molar-refractivity contribution < 1.29 is 13.9 Å². The number of hydrogen-bond donors (Lipinski definition) is 2. The zero-order valence-electron chi connectivity index (χ0n) is 20.6. The van der Waals surface area contributed by atoms with Crippen LogP contribution < -0.4 is 20.9 Å². The van der Waals surface area contributed by atoms with Gasteiger partial charge in [-0.3, -0.25) is 0 Å². The Bertz CT molecular complexity index is 1600. The number of anilines is 1. The first-order chi connectivity index (χ1) is 18.4. The highest BCUT2D eigenvalue weighted by Gasteiger charge is 2.31. The average Bonchev–Trinajstić information content (AvgIpc) is 3.27. The Morgan fingerprint density at radius 2 is 1.71 bits per heavy atom. The van der Waals surface area contributed by atoms with E-state index in [1.165, 1.54) is 18.5 Å². The molecule has 0 radical (unpaired) electrons. The van der Waals surface area contributed by atoms with Crippen LogP contribution in [-0.4, -0.2) is 35.8 Å². The molecule has 11 heteroatoms. The van der Waals surface area contributed by atoms with E-state index in [0.29, 0.717) is 45.6 Å². The van der Waals surface area contributed by atoms with E-state index in [-0.39, 0.29) is 18.7 Å². The SMILES string of the molecule is Cc1ncc(COc2cc(F)cc(Oc3ccc(-c4nn([C@H]5C[C@@H](N)C5)c5ncnc(N)c45)cc3)c2)cn1. The first-order valence-electron chi connectivity index (χ1n) is 12.2. The number of halogens is 1. The second-order valence-corrected chi connectivity index (χ2v) is 9.31. The van der Waals surface area contributed by atoms with Crippen LogP contribution in [0.25, 0.3) is 22.3 Å². The van der Waals surface area contributed by atoms with Crippen molar-refractivity contribution in [3.8, 4) is 28.5 Å². The Labute approximate surface area is 217 Å². The van der Waals surface area contributed by atoms with Crippen molar-refractivity contribution in [2.24, 2.45) is 5.73 Å². The van der Waals surface area contributed by atoms with E-state index in [1.54, 1.807) is 37.5 Å². The molecule has 2 aromatic carbocycles. The van der Waals surface area contributed by atoms with Gasteiger partial charge >= 0.3 is 0 Å². The summed E-state index contributed by atoms with van der Waals surface area (Å²) in [5.41, 5.74) is 15.2. The predicted octanol–water partition coefficient (Wildman–Crippen LogP) is 4.35. The lowest BCUT2D eigenvalue weighted by Crippen LogP contribution is -2.38. The van der Waals surface area contributed by atoms with Crippen molar-refractivity contribution in [1.82, 2.24) is 29.7 Å². The third-order valence-corrected chi connectivity index (χ3v) is 6.46. The second kappa shape index (κ2) is 9.67. The van der Waals surface area contributed by atoms with Crippen LogP contribution in [0.1, 0.15) is 30.3 Å². The number of nitrogen functional groups attached to an aromatic ring is 1. The van der Waals surface area contributed by atoms with Crippen LogP contribution in [0.5, 0.6) is 17.2 Å². The number of aryl methyl sites for hydroxylation is 1. The molecule has 38 heavy (non-hydrogen) atoms. The Balaban J connectivity index is 1.22. The maximum Gasteiger partial charge on any atom is 0.164 e. The fourth-order valence-corrected chi connectivity index (χ4v) is 4.44. The van der Waals surface area contributed by atoms with E-state index in [0.717, 1.165) is 24.0 Å². The molecule has 3 heterocycles. The summed E-state index contributed by atoms with van der Waals surface area (Å²) in [6, 6.07) is 11.9. The molecular weight excluding hydrogens is 487 g/mol. The molecular formula is C27H25FN8O2. The molecule has 1 aliphatic carbocycles. The first-order valence-corrected chi connectivity index (χ1v) is 12.2. The molecule has 0 amide bonds. The van der Waals surface area contributed by atoms with Crippen molar-refractivity contribution in [2.75, 3.05) is 5.73 Å². The minimum atomic E-state index is -0.475. The van der Waals surface area contributed by atoms with Gasteiger partial charge in [-0.1, -0.05) is 0 Å². The summed E-state index contributed by atoms with van der Waals surface area (Å²) in [5, 5.41) is 5.53. The fraction of sp³-hybridized carbons (Fsp3) is 0.222. The van der Waals surface area contributed by atoms with Crippen LogP contribution in [0.2, 0.25) is 0 Å². The predicted molar refractivity (Wildman–Crippen MR) is 139 cm³/mol. The average molecular weight is 513 g/mol. The molecule has 0 atom stereocenters. The summed E-state index contributed by atoms with van der Waals surface area (Å²) in [5.74, 6) is 1.72. The highest BCUT2D eigenvalue weighted by Crippen LogP contribution is 2.38. The molecule has 3 aromatic heterocycles. The number of hydrogen-bond acceptors (Lipinski definition) is 9. The maximum absolute atomic E-state index is 14.3. The molecule has 192 valence electrons. The number of nitrogens with two attached hydrogens (primary N) is 2. The standard InChI is InChI=1S/C27H25FN8O2/c1-15-31-11-16(12-32-15)13-37-22-6-18(28)7-23(10-22)38-21-4-2-17(3-5-21)25-24-26(30)33-14-34-27(24)36(35-25)20-8-19(29)9-20/h2-7,10-12,14,19-20H,8-9,13,29H2,1H3,(H2,30,33,34)/t19-,20+. The van der Waals surface area contributed by atoms with E-state index in [9.17, 15) is 4.39 Å². The van der Waals surface area contributed by atoms with E-state index in [1.807, 2.05) is 16.8 Å². The van der Waals surface area contributed by atoms with Gasteiger partial charge in [0, 0.05) is 47.8 Å². The normalized spacial score (nSPS) is 16.8. The van der Waals surface area contributed by atoms with Crippen molar-refractivity contribution >= 4 is 16.9 Å². The number of fused-ring (bicyclic) bond motifs is 1. The van der Waals surface area contributed by atoms with Gasteiger partial charge < -0.3 is 20.9 Å². The lowest BCUT2D eigenvalue weighted by Gasteiger charge is -2.32. The topological polar surface area (TPSA) is 140 Å². The summed E-state index contributed by atoms with van der Waals surface area (Å²) in [6.45, 7) is 2.01. The van der Waals surface area contributed by atoms with Crippen LogP contribution in [0.15, 0.2) is 61.2 Å². The molecule has 1 fully saturated rings. The van der Waals surface area contributed by atoms with E-state index in [2.05, 4.69) is 19.9 Å². The van der Waals surface area contributed by atoms with Gasteiger partial charge in [-0.15, -0.1) is 0 Å². The van der Waals surface area contributed by atoms with Crippen molar-refractivity contribution in [2.45, 2.75) is 38.5 Å². The zero-order valence-corrected chi connectivity index (χ0v) is 20.6. The summed E-state index contributed by atoms with van der Waals surface area (Å²) in [7, 11) is 0. The van der Waals surface area contributed by atoms with Crippen LogP contribution in [0, 0.1) is 12.7 Å². The zero-order chi connectivity index (χ0) is 26.2. The second-order valence-electron chi connectivity index (χ2n) is 9.31. The van der Waals surface area contributed by atoms with E-state index >= 15 is 0 Å². The van der Waals surface area contributed by atoms with Crippen molar-refractivity contribution in [3.05, 3.63) is 78.4 Å². The number of rotatable bonds is 7. The number of benzene rings is 2. The molecule has 0 spiro atoms. The van der Waals surface area contributed by atoms with Gasteiger partial charge in [-0.2, -0.15) is 5.10 Å². The number of nitrogens with zero attached hydrogens (tertiary/aromatic N) is 6. The Hall–Kier alpha value is -4.64. The van der Waals surface area contributed by atoms with E-state index < -0.39 is 5.82 Å². The van der Waals surface area contributed by atoms with Crippen molar-refractivity contribution in [3.63, 3.8) is 0 Å². The molecule has 0 bridgehead atoms. The molecule has 5 aromatic rings. The summed E-state index contributed by atoms with van der Waals surface area (Å²) in [6.07, 6.45) is 6.47. The lowest BCUT2D eigenvalue weighted by molar-refractivity contribution is 0.253. The largest absolute Gasteiger partial charge is 0.489 e.